The summed E-state index contributed by atoms with van der Waals surface area (Å²) in [5, 5.41) is 0. The van der Waals surface area contributed by atoms with Gasteiger partial charge in [0.2, 0.25) is 0 Å². The lowest BCUT2D eigenvalue weighted by Gasteiger charge is -2.03. The van der Waals surface area contributed by atoms with Crippen molar-refractivity contribution in [1.82, 2.24) is 9.97 Å². The molecular formula is C23H22Cl2N2S2. The minimum atomic E-state index is 0.519. The molecular weight excluding hydrogens is 439 g/mol. The van der Waals surface area contributed by atoms with E-state index >= 15 is 0 Å². The number of alkyl halides is 2. The number of hydrogen-bond acceptors (Lipinski definition) is 4. The number of aryl methyl sites for hydroxylation is 3. The maximum absolute atomic E-state index is 5.86. The summed E-state index contributed by atoms with van der Waals surface area (Å²) in [5.41, 5.74) is 5.51. The van der Waals surface area contributed by atoms with E-state index in [0.29, 0.717) is 11.8 Å². The van der Waals surface area contributed by atoms with Gasteiger partial charge < -0.3 is 0 Å². The molecule has 0 amide bonds. The van der Waals surface area contributed by atoms with E-state index in [1.165, 1.54) is 19.5 Å². The van der Waals surface area contributed by atoms with Crippen molar-refractivity contribution in [2.24, 2.45) is 0 Å². The van der Waals surface area contributed by atoms with Crippen LogP contribution in [0.5, 0.6) is 0 Å². The molecule has 6 heteroatoms. The highest BCUT2D eigenvalue weighted by Crippen LogP contribution is 2.29. The molecule has 0 atom stereocenters. The number of halogens is 2. The van der Waals surface area contributed by atoms with Gasteiger partial charge in [-0.15, -0.1) is 45.9 Å². The molecule has 4 aromatic heterocycles. The lowest BCUT2D eigenvalue weighted by molar-refractivity contribution is 1.14. The zero-order valence-electron chi connectivity index (χ0n) is 16.6. The first-order chi connectivity index (χ1) is 14.0. The van der Waals surface area contributed by atoms with Crippen molar-refractivity contribution in [3.05, 3.63) is 81.6 Å². The molecule has 0 N–H and O–H groups in total. The van der Waals surface area contributed by atoms with Crippen LogP contribution in [0.25, 0.3) is 20.9 Å². The summed E-state index contributed by atoms with van der Waals surface area (Å²) in [7, 11) is 0. The summed E-state index contributed by atoms with van der Waals surface area (Å²) in [6, 6.07) is 12.7. The molecule has 0 aliphatic heterocycles. The Hall–Kier alpha value is -1.72. The first-order valence-corrected chi connectivity index (χ1v) is 11.9. The average molecular weight is 461 g/mol. The molecule has 0 aliphatic rings. The summed E-state index contributed by atoms with van der Waals surface area (Å²) in [5.74, 6) is 1.04. The number of hydrogen-bond donors (Lipinski definition) is 0. The Morgan fingerprint density at radius 2 is 1.38 bits per heavy atom. The molecule has 150 valence electrons. The molecule has 2 nitrogen and oxygen atoms in total. The second kappa shape index (κ2) is 10.4. The Labute approximate surface area is 190 Å². The van der Waals surface area contributed by atoms with E-state index in [1.54, 1.807) is 28.9 Å². The molecule has 29 heavy (non-hydrogen) atoms. The van der Waals surface area contributed by atoms with Crippen LogP contribution in [-0.4, -0.2) is 9.97 Å². The Kier molecular flexibility index (Phi) is 7.84. The van der Waals surface area contributed by atoms with Gasteiger partial charge in [-0.25, -0.2) is 0 Å². The highest BCUT2D eigenvalue weighted by atomic mass is 35.5. The largest absolute Gasteiger partial charge is 0.264 e. The van der Waals surface area contributed by atoms with E-state index < -0.39 is 0 Å². The van der Waals surface area contributed by atoms with Crippen molar-refractivity contribution in [2.75, 3.05) is 0 Å². The fourth-order valence-corrected chi connectivity index (χ4v) is 4.84. The van der Waals surface area contributed by atoms with Gasteiger partial charge in [-0.3, -0.25) is 9.97 Å². The van der Waals surface area contributed by atoms with Crippen LogP contribution in [0.3, 0.4) is 0 Å². The molecule has 0 radical (unpaired) electrons. The third-order valence-corrected chi connectivity index (χ3v) is 7.03. The molecule has 0 aromatic carbocycles. The van der Waals surface area contributed by atoms with E-state index in [1.807, 2.05) is 19.3 Å². The molecule has 0 spiro atoms. The van der Waals surface area contributed by atoms with Crippen LogP contribution in [0.4, 0.5) is 0 Å². The van der Waals surface area contributed by atoms with Gasteiger partial charge >= 0.3 is 0 Å². The van der Waals surface area contributed by atoms with Gasteiger partial charge in [0.15, 0.2) is 0 Å². The normalized spacial score (nSPS) is 10.5. The summed E-state index contributed by atoms with van der Waals surface area (Å²) in [4.78, 5) is 13.7. The highest BCUT2D eigenvalue weighted by Gasteiger charge is 2.05. The first kappa shape index (κ1) is 22.0. The molecule has 0 unspecified atom stereocenters. The average Bonchev–Trinajstić information content (AvgIpc) is 3.37. The van der Waals surface area contributed by atoms with Gasteiger partial charge in [0.25, 0.3) is 0 Å². The van der Waals surface area contributed by atoms with E-state index in [2.05, 4.69) is 60.2 Å². The van der Waals surface area contributed by atoms with Crippen molar-refractivity contribution in [2.45, 2.75) is 32.5 Å². The Bertz CT molecular complexity index is 1090. The summed E-state index contributed by atoms with van der Waals surface area (Å²) >= 11 is 15.2. The fraction of sp³-hybridized carbons (Fsp3) is 0.217. The minimum absolute atomic E-state index is 0.519. The van der Waals surface area contributed by atoms with E-state index in [-0.39, 0.29) is 0 Å². The van der Waals surface area contributed by atoms with Crippen LogP contribution in [0, 0.1) is 20.8 Å². The third-order valence-electron chi connectivity index (χ3n) is 4.33. The van der Waals surface area contributed by atoms with Crippen molar-refractivity contribution in [3.63, 3.8) is 0 Å². The van der Waals surface area contributed by atoms with Crippen LogP contribution in [0.2, 0.25) is 0 Å². The maximum Gasteiger partial charge on any atom is 0.0492 e. The Morgan fingerprint density at radius 1 is 0.759 bits per heavy atom. The molecule has 0 fully saturated rings. The van der Waals surface area contributed by atoms with E-state index in [4.69, 9.17) is 23.2 Å². The number of nitrogens with zero attached hydrogens (tertiary/aromatic N) is 2. The fourth-order valence-electron chi connectivity index (χ4n) is 2.72. The molecule has 4 rings (SSSR count). The quantitative estimate of drug-likeness (QED) is 0.288. The topological polar surface area (TPSA) is 25.8 Å². The van der Waals surface area contributed by atoms with Gasteiger partial charge in [0, 0.05) is 66.7 Å². The van der Waals surface area contributed by atoms with E-state index in [0.717, 1.165) is 27.9 Å². The maximum atomic E-state index is 5.86. The predicted octanol–water partition coefficient (Wildman–Crippen LogP) is 8.02. The van der Waals surface area contributed by atoms with Gasteiger partial charge in [-0.1, -0.05) is 0 Å². The monoisotopic (exact) mass is 460 g/mol. The standard InChI is InChI=1S/C12H12ClNS.C11H10ClNS/c1-8-3-4-12(15-8)11-5-10(6-13)9(2)14-7-11;1-8-2-3-11(14-8)10-4-9(5-12)6-13-7-10/h3-5,7H,6H2,1-2H3;2-4,6-7H,5H2,1H3. The molecule has 0 bridgehead atoms. The van der Waals surface area contributed by atoms with Crippen LogP contribution in [0.15, 0.2) is 55.0 Å². The van der Waals surface area contributed by atoms with Crippen molar-refractivity contribution >= 4 is 45.9 Å². The number of rotatable bonds is 4. The molecule has 4 heterocycles. The molecule has 0 saturated carbocycles. The number of pyridine rings is 2. The lowest BCUT2D eigenvalue weighted by Crippen LogP contribution is -1.89. The molecule has 0 aliphatic carbocycles. The van der Waals surface area contributed by atoms with Gasteiger partial charge in [0.1, 0.15) is 0 Å². The SMILES string of the molecule is Cc1ccc(-c2cnc(C)c(CCl)c2)s1.Cc1ccc(-c2cncc(CCl)c2)s1. The van der Waals surface area contributed by atoms with Crippen molar-refractivity contribution in [1.29, 1.82) is 0 Å². The zero-order chi connectivity index (χ0) is 20.8. The number of aromatic nitrogens is 2. The van der Waals surface area contributed by atoms with Crippen molar-refractivity contribution < 1.29 is 0 Å². The Morgan fingerprint density at radius 3 is 1.90 bits per heavy atom. The zero-order valence-corrected chi connectivity index (χ0v) is 19.7. The second-order valence-electron chi connectivity index (χ2n) is 6.64. The number of thiophene rings is 2. The first-order valence-electron chi connectivity index (χ1n) is 9.15. The van der Waals surface area contributed by atoms with Gasteiger partial charge in [-0.2, -0.15) is 0 Å². The van der Waals surface area contributed by atoms with Crippen molar-refractivity contribution in [3.8, 4) is 20.9 Å². The lowest BCUT2D eigenvalue weighted by atomic mass is 10.1. The van der Waals surface area contributed by atoms with Crippen LogP contribution in [0.1, 0.15) is 26.6 Å². The predicted molar refractivity (Wildman–Crippen MR) is 128 cm³/mol. The second-order valence-corrected chi connectivity index (χ2v) is 9.75. The summed E-state index contributed by atoms with van der Waals surface area (Å²) in [6.07, 6.45) is 5.59. The third kappa shape index (κ3) is 5.89. The van der Waals surface area contributed by atoms with Crippen LogP contribution >= 0.6 is 45.9 Å². The highest BCUT2D eigenvalue weighted by molar-refractivity contribution is 7.15. The molecule has 4 aromatic rings. The van der Waals surface area contributed by atoms with Gasteiger partial charge in [-0.05, 0) is 68.3 Å². The molecule has 0 saturated heterocycles. The minimum Gasteiger partial charge on any atom is -0.264 e. The summed E-state index contributed by atoms with van der Waals surface area (Å²) in [6.45, 7) is 6.20. The van der Waals surface area contributed by atoms with E-state index in [9.17, 15) is 0 Å². The summed E-state index contributed by atoms with van der Waals surface area (Å²) < 4.78 is 0. The van der Waals surface area contributed by atoms with Gasteiger partial charge in [0.05, 0.1) is 0 Å². The van der Waals surface area contributed by atoms with Crippen LogP contribution in [-0.2, 0) is 11.8 Å². The van der Waals surface area contributed by atoms with Crippen LogP contribution < -0.4 is 0 Å². The Balaban J connectivity index is 0.000000166. The smallest absolute Gasteiger partial charge is 0.0492 e.